The molecule has 8 heteroatoms. The van der Waals surface area contributed by atoms with Gasteiger partial charge in [0, 0.05) is 38.1 Å². The van der Waals surface area contributed by atoms with Gasteiger partial charge >= 0.3 is 12.1 Å². The van der Waals surface area contributed by atoms with Crippen molar-refractivity contribution >= 4 is 18.0 Å². The molecule has 0 saturated carbocycles. The highest BCUT2D eigenvalue weighted by Crippen LogP contribution is 2.44. The number of nitrogens with zero attached hydrogens (tertiary/aromatic N) is 1. The lowest BCUT2D eigenvalue weighted by atomic mass is 9.95. The van der Waals surface area contributed by atoms with Gasteiger partial charge in [0.2, 0.25) is 0 Å². The van der Waals surface area contributed by atoms with Crippen LogP contribution in [0.2, 0.25) is 0 Å². The van der Waals surface area contributed by atoms with E-state index in [0.717, 1.165) is 11.1 Å². The fourth-order valence-electron chi connectivity index (χ4n) is 5.54. The molecule has 8 nitrogen and oxygen atoms in total. The maximum absolute atomic E-state index is 13.0. The summed E-state index contributed by atoms with van der Waals surface area (Å²) in [6, 6.07) is 16.3. The van der Waals surface area contributed by atoms with Gasteiger partial charge in [0.1, 0.15) is 12.7 Å². The summed E-state index contributed by atoms with van der Waals surface area (Å²) in [4.78, 5) is 38.5. The molecular weight excluding hydrogens is 448 g/mol. The number of carbonyl (C=O) groups excluding carboxylic acids is 2. The number of likely N-dealkylation sites (tertiary alicyclic amines) is 1. The van der Waals surface area contributed by atoms with E-state index in [9.17, 15) is 19.5 Å². The predicted octanol–water partition coefficient (Wildman–Crippen LogP) is 3.25. The number of nitrogens with one attached hydrogen (secondary N) is 1. The van der Waals surface area contributed by atoms with Crippen molar-refractivity contribution < 1.29 is 29.0 Å². The first-order valence-electron chi connectivity index (χ1n) is 12.2. The molecule has 2 fully saturated rings. The van der Waals surface area contributed by atoms with Crippen LogP contribution in [0.1, 0.15) is 36.3 Å². The van der Waals surface area contributed by atoms with Crippen LogP contribution in [0.15, 0.2) is 48.5 Å². The Hall–Kier alpha value is -3.39. The maximum atomic E-state index is 13.0. The second-order valence-electron chi connectivity index (χ2n) is 9.51. The number of carboxylic acids is 1. The van der Waals surface area contributed by atoms with Gasteiger partial charge in [-0.25, -0.2) is 4.79 Å². The number of amides is 2. The molecule has 2 amide bonds. The van der Waals surface area contributed by atoms with Gasteiger partial charge in [-0.05, 0) is 41.5 Å². The number of carboxylic acid groups (broad SMARTS) is 1. The number of hydrogen-bond acceptors (Lipinski definition) is 5. The van der Waals surface area contributed by atoms with E-state index in [1.54, 1.807) is 4.90 Å². The molecule has 3 atom stereocenters. The topological polar surface area (TPSA) is 105 Å². The van der Waals surface area contributed by atoms with Gasteiger partial charge in [-0.15, -0.1) is 0 Å². The van der Waals surface area contributed by atoms with Crippen LogP contribution in [-0.4, -0.2) is 66.9 Å². The zero-order chi connectivity index (χ0) is 24.4. The van der Waals surface area contributed by atoms with E-state index in [0.29, 0.717) is 32.4 Å². The molecule has 3 aliphatic rings. The minimum atomic E-state index is -0.872. The van der Waals surface area contributed by atoms with Crippen molar-refractivity contribution in [1.82, 2.24) is 10.2 Å². The van der Waals surface area contributed by atoms with Crippen LogP contribution >= 0.6 is 0 Å². The normalized spacial score (nSPS) is 23.4. The van der Waals surface area contributed by atoms with Gasteiger partial charge in [-0.1, -0.05) is 48.5 Å². The zero-order valence-electron chi connectivity index (χ0n) is 19.5. The average Bonchev–Trinajstić information content (AvgIpc) is 3.48. The Labute approximate surface area is 204 Å². The third kappa shape index (κ3) is 4.75. The number of piperidine rings is 1. The lowest BCUT2D eigenvalue weighted by molar-refractivity contribution is -0.149. The third-order valence-electron chi connectivity index (χ3n) is 7.39. The van der Waals surface area contributed by atoms with Crippen molar-refractivity contribution in [2.24, 2.45) is 11.8 Å². The fourth-order valence-corrected chi connectivity index (χ4v) is 5.54. The largest absolute Gasteiger partial charge is 0.481 e. The monoisotopic (exact) mass is 478 g/mol. The minimum absolute atomic E-state index is 0.0152. The summed E-state index contributed by atoms with van der Waals surface area (Å²) in [6.45, 7) is 1.68. The number of ether oxygens (including phenoxy) is 2. The van der Waals surface area contributed by atoms with Crippen LogP contribution in [-0.2, 0) is 19.1 Å². The molecule has 2 saturated heterocycles. The highest BCUT2D eigenvalue weighted by Gasteiger charge is 2.39. The van der Waals surface area contributed by atoms with Crippen LogP contribution in [0.3, 0.4) is 0 Å². The Kier molecular flexibility index (Phi) is 6.72. The molecular formula is C27H30N2O6. The van der Waals surface area contributed by atoms with Crippen LogP contribution in [0.5, 0.6) is 0 Å². The van der Waals surface area contributed by atoms with Crippen molar-refractivity contribution in [2.45, 2.75) is 31.3 Å². The summed E-state index contributed by atoms with van der Waals surface area (Å²) >= 11 is 0. The molecule has 0 radical (unpaired) electrons. The number of hydrogen-bond donors (Lipinski definition) is 2. The first-order chi connectivity index (χ1) is 17.0. The van der Waals surface area contributed by atoms with Gasteiger partial charge < -0.3 is 24.8 Å². The summed E-state index contributed by atoms with van der Waals surface area (Å²) in [5.74, 6) is -1.78. The number of aliphatic carboxylic acids is 1. The number of benzene rings is 2. The van der Waals surface area contributed by atoms with E-state index < -0.39 is 24.1 Å². The number of rotatable bonds is 6. The van der Waals surface area contributed by atoms with E-state index in [2.05, 4.69) is 29.6 Å². The second kappa shape index (κ2) is 10.1. The van der Waals surface area contributed by atoms with Crippen molar-refractivity contribution in [3.63, 3.8) is 0 Å². The first kappa shape index (κ1) is 23.4. The van der Waals surface area contributed by atoms with Crippen LogP contribution in [0, 0.1) is 11.8 Å². The van der Waals surface area contributed by atoms with Crippen LogP contribution in [0.25, 0.3) is 11.1 Å². The number of alkyl carbamates (subject to hydrolysis) is 1. The molecule has 1 unspecified atom stereocenters. The molecule has 184 valence electrons. The SMILES string of the molecule is O=C(NC[C@@H]1CCO[C@@H]1C(=O)N1CCCC(C(=O)O)C1)OCC1c2ccccc2-c2ccccc21. The summed E-state index contributed by atoms with van der Waals surface area (Å²) in [5.41, 5.74) is 4.64. The van der Waals surface area contributed by atoms with E-state index in [1.165, 1.54) is 11.1 Å². The highest BCUT2D eigenvalue weighted by molar-refractivity contribution is 5.83. The van der Waals surface area contributed by atoms with E-state index in [4.69, 9.17) is 9.47 Å². The lowest BCUT2D eigenvalue weighted by Gasteiger charge is -2.33. The summed E-state index contributed by atoms with van der Waals surface area (Å²) in [6.07, 6.45) is 0.705. The molecule has 0 spiro atoms. The predicted molar refractivity (Wildman–Crippen MR) is 128 cm³/mol. The quantitative estimate of drug-likeness (QED) is 0.660. The zero-order valence-corrected chi connectivity index (χ0v) is 19.5. The molecule has 1 aliphatic carbocycles. The maximum Gasteiger partial charge on any atom is 0.407 e. The second-order valence-corrected chi connectivity index (χ2v) is 9.51. The Morgan fingerprint density at radius 1 is 1.03 bits per heavy atom. The van der Waals surface area contributed by atoms with Gasteiger partial charge in [0.05, 0.1) is 5.92 Å². The number of fused-ring (bicyclic) bond motifs is 3. The minimum Gasteiger partial charge on any atom is -0.481 e. The van der Waals surface area contributed by atoms with Gasteiger partial charge in [-0.2, -0.15) is 0 Å². The fraction of sp³-hybridized carbons (Fsp3) is 0.444. The Morgan fingerprint density at radius 2 is 1.71 bits per heavy atom. The van der Waals surface area contributed by atoms with Gasteiger partial charge in [0.25, 0.3) is 5.91 Å². The van der Waals surface area contributed by atoms with Crippen LogP contribution in [0.4, 0.5) is 4.79 Å². The Balaban J connectivity index is 1.15. The van der Waals surface area contributed by atoms with Gasteiger partial charge in [0.15, 0.2) is 0 Å². The highest BCUT2D eigenvalue weighted by atomic mass is 16.5. The molecule has 0 bridgehead atoms. The van der Waals surface area contributed by atoms with E-state index >= 15 is 0 Å². The van der Waals surface area contributed by atoms with E-state index in [1.807, 2.05) is 24.3 Å². The van der Waals surface area contributed by atoms with Crippen molar-refractivity contribution in [3.8, 4) is 11.1 Å². The van der Waals surface area contributed by atoms with Gasteiger partial charge in [-0.3, -0.25) is 9.59 Å². The lowest BCUT2D eigenvalue weighted by Crippen LogP contribution is -2.49. The molecule has 2 aliphatic heterocycles. The molecule has 5 rings (SSSR count). The van der Waals surface area contributed by atoms with E-state index in [-0.39, 0.29) is 37.4 Å². The third-order valence-corrected chi connectivity index (χ3v) is 7.39. The molecule has 0 aromatic heterocycles. The molecule has 2 heterocycles. The molecule has 2 aromatic rings. The molecule has 35 heavy (non-hydrogen) atoms. The molecule has 2 N–H and O–H groups in total. The molecule has 2 aromatic carbocycles. The summed E-state index contributed by atoms with van der Waals surface area (Å²) in [7, 11) is 0. The summed E-state index contributed by atoms with van der Waals surface area (Å²) in [5, 5.41) is 12.1. The van der Waals surface area contributed by atoms with Crippen molar-refractivity contribution in [1.29, 1.82) is 0 Å². The van der Waals surface area contributed by atoms with Crippen LogP contribution < -0.4 is 5.32 Å². The Bertz CT molecular complexity index is 1070. The Morgan fingerprint density at radius 3 is 2.40 bits per heavy atom. The smallest absolute Gasteiger partial charge is 0.407 e. The van der Waals surface area contributed by atoms with Crippen molar-refractivity contribution in [2.75, 3.05) is 32.8 Å². The van der Waals surface area contributed by atoms with Crippen molar-refractivity contribution in [3.05, 3.63) is 59.7 Å². The number of carbonyl (C=O) groups is 3. The first-order valence-corrected chi connectivity index (χ1v) is 12.2. The average molecular weight is 479 g/mol. The summed E-state index contributed by atoms with van der Waals surface area (Å²) < 4.78 is 11.3. The standard InChI is InChI=1S/C27H30N2O6/c30-25(29-12-5-6-18(15-29)26(31)32)24-17(11-13-34-24)14-28-27(33)35-16-23-21-9-3-1-7-19(21)20-8-2-4-10-22(20)23/h1-4,7-10,17-18,23-24H,5-6,11-16H2,(H,28,33)(H,31,32)/t17-,18?,24-/m0/s1.